The van der Waals surface area contributed by atoms with Crippen LogP contribution >= 0.6 is 0 Å². The summed E-state index contributed by atoms with van der Waals surface area (Å²) in [6.07, 6.45) is 2.98. The molecular formula is C8H16N2O. The predicted octanol–water partition coefficient (Wildman–Crippen LogP) is -0.537. The number of hydrogen-bond acceptors (Lipinski definition) is 3. The molecule has 0 radical (unpaired) electrons. The molecule has 3 N–H and O–H groups in total. The van der Waals surface area contributed by atoms with Crippen molar-refractivity contribution in [1.29, 1.82) is 0 Å². The molecule has 0 aromatic heterocycles. The molecule has 64 valence electrons. The van der Waals surface area contributed by atoms with E-state index in [4.69, 9.17) is 0 Å². The highest BCUT2D eigenvalue weighted by atomic mass is 16.3. The van der Waals surface area contributed by atoms with E-state index in [1.165, 1.54) is 0 Å². The third-order valence-electron chi connectivity index (χ3n) is 3.03. The van der Waals surface area contributed by atoms with Crippen molar-refractivity contribution in [1.82, 2.24) is 10.6 Å². The van der Waals surface area contributed by atoms with Crippen LogP contribution < -0.4 is 10.6 Å². The van der Waals surface area contributed by atoms with Gasteiger partial charge in [0.15, 0.2) is 0 Å². The van der Waals surface area contributed by atoms with Crippen molar-refractivity contribution < 1.29 is 5.11 Å². The predicted molar refractivity (Wildman–Crippen MR) is 43.5 cm³/mol. The van der Waals surface area contributed by atoms with Gasteiger partial charge in [-0.2, -0.15) is 0 Å². The molecule has 3 heteroatoms. The second-order valence-corrected chi connectivity index (χ2v) is 3.64. The van der Waals surface area contributed by atoms with Gasteiger partial charge in [-0.15, -0.1) is 0 Å². The lowest BCUT2D eigenvalue weighted by molar-refractivity contribution is 0.0753. The van der Waals surface area contributed by atoms with Crippen LogP contribution in [0.4, 0.5) is 0 Å². The van der Waals surface area contributed by atoms with Gasteiger partial charge in [-0.25, -0.2) is 0 Å². The number of aliphatic hydroxyl groups excluding tert-OH is 1. The Morgan fingerprint density at radius 3 is 2.45 bits per heavy atom. The number of rotatable bonds is 0. The molecule has 0 aromatic carbocycles. The molecule has 2 rings (SSSR count). The second-order valence-electron chi connectivity index (χ2n) is 3.64. The van der Waals surface area contributed by atoms with Crippen molar-refractivity contribution in [2.24, 2.45) is 0 Å². The zero-order valence-corrected chi connectivity index (χ0v) is 6.77. The first kappa shape index (κ1) is 7.53. The van der Waals surface area contributed by atoms with Crippen LogP contribution in [0.15, 0.2) is 0 Å². The molecular weight excluding hydrogens is 140 g/mol. The summed E-state index contributed by atoms with van der Waals surface area (Å²) in [6, 6.07) is 0. The maximum Gasteiger partial charge on any atom is 0.0734 e. The number of piperidine rings is 1. The summed E-state index contributed by atoms with van der Waals surface area (Å²) in [6.45, 7) is 3.08. The summed E-state index contributed by atoms with van der Waals surface area (Å²) in [5, 5.41) is 16.5. The van der Waals surface area contributed by atoms with Gasteiger partial charge in [-0.05, 0) is 38.9 Å². The third kappa shape index (κ3) is 1.17. The van der Waals surface area contributed by atoms with E-state index in [-0.39, 0.29) is 11.6 Å². The molecule has 2 heterocycles. The van der Waals surface area contributed by atoms with Crippen molar-refractivity contribution in [2.75, 3.05) is 19.6 Å². The Kier molecular flexibility index (Phi) is 1.87. The molecule has 1 unspecified atom stereocenters. The average Bonchev–Trinajstić information content (AvgIpc) is 2.36. The standard InChI is InChI=1S/C8H16N2O/c11-7-1-4-10-8(7)2-5-9-6-3-8/h7,9-11H,1-6H2. The van der Waals surface area contributed by atoms with E-state index in [0.717, 1.165) is 38.9 Å². The lowest BCUT2D eigenvalue weighted by Gasteiger charge is -2.36. The SMILES string of the molecule is OC1CCNC12CCNCC2. The van der Waals surface area contributed by atoms with Gasteiger partial charge >= 0.3 is 0 Å². The van der Waals surface area contributed by atoms with Gasteiger partial charge < -0.3 is 15.7 Å². The molecule has 1 atom stereocenters. The second kappa shape index (κ2) is 2.73. The molecule has 2 aliphatic heterocycles. The minimum absolute atomic E-state index is 0.0747. The van der Waals surface area contributed by atoms with E-state index in [9.17, 15) is 5.11 Å². The molecule has 0 amide bonds. The quantitative estimate of drug-likeness (QED) is 0.441. The van der Waals surface area contributed by atoms with Gasteiger partial charge in [0, 0.05) is 5.54 Å². The molecule has 0 saturated carbocycles. The van der Waals surface area contributed by atoms with Crippen molar-refractivity contribution in [2.45, 2.75) is 30.9 Å². The Bertz CT molecular complexity index is 143. The summed E-state index contributed by atoms with van der Waals surface area (Å²) in [5.41, 5.74) is 0.0747. The maximum atomic E-state index is 9.71. The fourth-order valence-corrected chi connectivity index (χ4v) is 2.23. The highest BCUT2D eigenvalue weighted by Crippen LogP contribution is 2.28. The Labute approximate surface area is 67.2 Å². The van der Waals surface area contributed by atoms with Gasteiger partial charge in [0.25, 0.3) is 0 Å². The van der Waals surface area contributed by atoms with E-state index < -0.39 is 0 Å². The molecule has 2 saturated heterocycles. The van der Waals surface area contributed by atoms with E-state index >= 15 is 0 Å². The highest BCUT2D eigenvalue weighted by molar-refractivity contribution is 5.02. The number of hydrogen-bond donors (Lipinski definition) is 3. The maximum absolute atomic E-state index is 9.71. The molecule has 3 nitrogen and oxygen atoms in total. The first-order chi connectivity index (χ1) is 5.33. The fraction of sp³-hybridized carbons (Fsp3) is 1.00. The Morgan fingerprint density at radius 1 is 1.18 bits per heavy atom. The summed E-state index contributed by atoms with van der Waals surface area (Å²) in [5.74, 6) is 0. The summed E-state index contributed by atoms with van der Waals surface area (Å²) < 4.78 is 0. The average molecular weight is 156 g/mol. The number of nitrogens with one attached hydrogen (secondary N) is 2. The van der Waals surface area contributed by atoms with Crippen LogP contribution in [-0.4, -0.2) is 36.4 Å². The van der Waals surface area contributed by atoms with E-state index in [0.29, 0.717) is 0 Å². The highest BCUT2D eigenvalue weighted by Gasteiger charge is 2.41. The minimum atomic E-state index is -0.107. The molecule has 11 heavy (non-hydrogen) atoms. The first-order valence-electron chi connectivity index (χ1n) is 4.47. The lowest BCUT2D eigenvalue weighted by Crippen LogP contribution is -2.54. The first-order valence-corrected chi connectivity index (χ1v) is 4.47. The zero-order chi connectivity index (χ0) is 7.73. The van der Waals surface area contributed by atoms with Crippen LogP contribution in [0.3, 0.4) is 0 Å². The van der Waals surface area contributed by atoms with Crippen molar-refractivity contribution in [3.8, 4) is 0 Å². The smallest absolute Gasteiger partial charge is 0.0734 e. The van der Waals surface area contributed by atoms with Gasteiger partial charge in [0.2, 0.25) is 0 Å². The van der Waals surface area contributed by atoms with Crippen LogP contribution in [0.1, 0.15) is 19.3 Å². The monoisotopic (exact) mass is 156 g/mol. The summed E-state index contributed by atoms with van der Waals surface area (Å²) in [4.78, 5) is 0. The Morgan fingerprint density at radius 2 is 1.91 bits per heavy atom. The topological polar surface area (TPSA) is 44.3 Å². The van der Waals surface area contributed by atoms with Crippen LogP contribution in [-0.2, 0) is 0 Å². The van der Waals surface area contributed by atoms with Crippen LogP contribution in [0.2, 0.25) is 0 Å². The molecule has 1 spiro atoms. The zero-order valence-electron chi connectivity index (χ0n) is 6.77. The van der Waals surface area contributed by atoms with Gasteiger partial charge in [-0.1, -0.05) is 0 Å². The van der Waals surface area contributed by atoms with Crippen molar-refractivity contribution in [3.63, 3.8) is 0 Å². The van der Waals surface area contributed by atoms with Crippen LogP contribution in [0.5, 0.6) is 0 Å². The van der Waals surface area contributed by atoms with Crippen LogP contribution in [0, 0.1) is 0 Å². The largest absolute Gasteiger partial charge is 0.391 e. The fourth-order valence-electron chi connectivity index (χ4n) is 2.23. The van der Waals surface area contributed by atoms with E-state index in [1.807, 2.05) is 0 Å². The van der Waals surface area contributed by atoms with Gasteiger partial charge in [0.05, 0.1) is 6.10 Å². The normalized spacial score (nSPS) is 36.3. The third-order valence-corrected chi connectivity index (χ3v) is 3.03. The van der Waals surface area contributed by atoms with E-state index in [1.54, 1.807) is 0 Å². The van der Waals surface area contributed by atoms with E-state index in [2.05, 4.69) is 10.6 Å². The lowest BCUT2D eigenvalue weighted by atomic mass is 9.85. The number of aliphatic hydroxyl groups is 1. The molecule has 0 bridgehead atoms. The van der Waals surface area contributed by atoms with Crippen molar-refractivity contribution >= 4 is 0 Å². The van der Waals surface area contributed by atoms with Gasteiger partial charge in [-0.3, -0.25) is 0 Å². The van der Waals surface area contributed by atoms with Crippen LogP contribution in [0.25, 0.3) is 0 Å². The van der Waals surface area contributed by atoms with Crippen molar-refractivity contribution in [3.05, 3.63) is 0 Å². The molecule has 2 fully saturated rings. The minimum Gasteiger partial charge on any atom is -0.391 e. The summed E-state index contributed by atoms with van der Waals surface area (Å²) >= 11 is 0. The molecule has 0 aromatic rings. The summed E-state index contributed by atoms with van der Waals surface area (Å²) in [7, 11) is 0. The Hall–Kier alpha value is -0.120. The Balaban J connectivity index is 2.06. The van der Waals surface area contributed by atoms with Gasteiger partial charge in [0.1, 0.15) is 0 Å². The molecule has 2 aliphatic rings. The molecule has 0 aliphatic carbocycles.